The number of non-ortho nitro benzene ring substituents is 1. The van der Waals surface area contributed by atoms with Crippen LogP contribution < -0.4 is 54.0 Å². The number of hydrogen-bond donors (Lipinski definition) is 8. The number of carbonyl (C=O) groups is 2. The SMILES string of the molecule is CC.CCC(=O)C(N)CCCCN(C)C.CCCC/C(=C/N(N)CCCCOCC1CC(O)CC(Oc2cccc(CCNC)c2)O1)C(C)CC.CCCCC=O.CCCc1ccc(N)cc1.COc1cc(N)c(OC)cc1N.Nc1ccc([N+](=O)[O-])cc1. The average Bonchev–Trinajstić information content (AvgIpc) is 3.73. The molecule has 1 aliphatic rings. The highest BCUT2D eigenvalue weighted by atomic mass is 16.7. The molecule has 506 valence electrons. The van der Waals surface area contributed by atoms with Crippen molar-refractivity contribution in [3.8, 4) is 17.2 Å². The number of nitro groups is 1. The number of methoxy groups -OCH3 is 2. The maximum atomic E-state index is 11.1. The third-order valence-corrected chi connectivity index (χ3v) is 13.8. The number of nitrogens with two attached hydrogens (primary N) is 6. The molecule has 1 saturated heterocycles. The number of nitrogen functional groups attached to an aromatic ring is 4. The monoisotopic (exact) mass is 1250 g/mol. The van der Waals surface area contributed by atoms with Crippen LogP contribution in [0.3, 0.4) is 0 Å². The largest absolute Gasteiger partial charge is 0.495 e. The van der Waals surface area contributed by atoms with Gasteiger partial charge in [0.2, 0.25) is 6.29 Å². The van der Waals surface area contributed by atoms with Crippen LogP contribution in [-0.2, 0) is 31.9 Å². The van der Waals surface area contributed by atoms with Gasteiger partial charge in [0, 0.05) is 80.7 Å². The number of allylic oxidation sites excluding steroid dienone is 1. The van der Waals surface area contributed by atoms with E-state index in [0.717, 1.165) is 114 Å². The van der Waals surface area contributed by atoms with Crippen LogP contribution in [0.5, 0.6) is 17.2 Å². The Bertz CT molecular complexity index is 2390. The normalized spacial score (nSPS) is 14.6. The topological polar surface area (TPSA) is 318 Å². The summed E-state index contributed by atoms with van der Waals surface area (Å²) in [6, 6.07) is 24.9. The maximum absolute atomic E-state index is 11.1. The number of likely N-dealkylation sites (N-methyl/N-ethyl adjacent to an activating group) is 1. The van der Waals surface area contributed by atoms with E-state index in [9.17, 15) is 24.8 Å². The van der Waals surface area contributed by atoms with Crippen molar-refractivity contribution >= 4 is 40.5 Å². The van der Waals surface area contributed by atoms with E-state index in [4.69, 9.17) is 58.2 Å². The van der Waals surface area contributed by atoms with E-state index in [0.29, 0.717) is 67.0 Å². The van der Waals surface area contributed by atoms with E-state index in [1.807, 2.05) is 63.2 Å². The number of nitro benzene ring substituents is 1. The zero-order valence-corrected chi connectivity index (χ0v) is 56.8. The van der Waals surface area contributed by atoms with Crippen LogP contribution in [0.2, 0.25) is 0 Å². The number of unbranched alkanes of at least 4 members (excludes halogenated alkanes) is 5. The quantitative estimate of drug-likeness (QED) is 0.00549. The smallest absolute Gasteiger partial charge is 0.269 e. The molecule has 5 rings (SSSR count). The molecule has 5 unspecified atom stereocenters. The fourth-order valence-corrected chi connectivity index (χ4v) is 8.42. The summed E-state index contributed by atoms with van der Waals surface area (Å²) in [7, 11) is 9.13. The van der Waals surface area contributed by atoms with E-state index < -0.39 is 17.3 Å². The zero-order valence-electron chi connectivity index (χ0n) is 56.8. The number of aldehydes is 1. The van der Waals surface area contributed by atoms with Gasteiger partial charge < -0.3 is 77.5 Å². The highest BCUT2D eigenvalue weighted by Crippen LogP contribution is 2.32. The van der Waals surface area contributed by atoms with Crippen LogP contribution in [0.4, 0.5) is 28.4 Å². The molecule has 0 aromatic heterocycles. The fourth-order valence-electron chi connectivity index (χ4n) is 8.42. The minimum atomic E-state index is -0.466. The first-order chi connectivity index (χ1) is 42.6. The Balaban J connectivity index is 0. The second-order valence-electron chi connectivity index (χ2n) is 21.8. The highest BCUT2D eigenvalue weighted by molar-refractivity contribution is 5.83. The van der Waals surface area contributed by atoms with Crippen molar-refractivity contribution in [3.05, 3.63) is 118 Å². The molecule has 4 aromatic rings. The van der Waals surface area contributed by atoms with E-state index in [2.05, 4.69) is 83.3 Å². The molecule has 0 bridgehead atoms. The van der Waals surface area contributed by atoms with Gasteiger partial charge in [-0.2, -0.15) is 0 Å². The number of nitrogens with zero attached hydrogens (tertiary/aromatic N) is 3. The molecule has 20 nitrogen and oxygen atoms in total. The van der Waals surface area contributed by atoms with Crippen LogP contribution in [0.15, 0.2) is 96.7 Å². The summed E-state index contributed by atoms with van der Waals surface area (Å²) in [5, 5.41) is 25.4. The first-order valence-corrected chi connectivity index (χ1v) is 32.2. The molecule has 1 fully saturated rings. The number of hydrazine groups is 1. The average molecular weight is 1250 g/mol. The summed E-state index contributed by atoms with van der Waals surface area (Å²) in [6.07, 6.45) is 19.4. The predicted molar refractivity (Wildman–Crippen MR) is 370 cm³/mol. The van der Waals surface area contributed by atoms with E-state index in [-0.39, 0.29) is 23.6 Å². The number of nitrogens with one attached hydrogen (secondary N) is 1. The first-order valence-electron chi connectivity index (χ1n) is 32.2. The summed E-state index contributed by atoms with van der Waals surface area (Å²) < 4.78 is 27.9. The number of aryl methyl sites for hydroxylation is 1. The van der Waals surface area contributed by atoms with Gasteiger partial charge in [-0.15, -0.1) is 0 Å². The Morgan fingerprint density at radius 3 is 1.90 bits per heavy atom. The molecular weight excluding hydrogens is 1130 g/mol. The summed E-state index contributed by atoms with van der Waals surface area (Å²) in [5.74, 6) is 8.91. The molecule has 0 spiro atoms. The standard InChI is InChI=1S/C29H51N3O4.C10H22N2O.C9H13N.C8H12N2O2.C6H6N2O2.C5H10O.C2H6/c1-5-7-12-25(23(3)6-2)21-32(30)16-8-9-17-34-22-28-19-26(33)20-29(36-28)35-27-13-10-11-24(18-27)14-15-31-4;1-4-10(13)9(11)7-5-6-8-12(2)3;1-2-3-8-4-6-9(10)7-5-8;1-11-7-3-6(10)8(12-2)4-5(7)9;7-5-1-3-6(4-2-5)8(9)10;1-2-3-4-5-6;1-2/h10-11,13,18,21,23,26,28-29,31,33H,5-9,12,14-17,19-20,22,30H2,1-4H3;9H,4-8,11H2,1-3H3;4-7H,2-3,10H2,1H3;3-4H,9-10H2,1-2H3;1-4H,7H2;5H,2-4H2,1H3;1-2H3/b25-21-;;;;;;. The second-order valence-corrected chi connectivity index (χ2v) is 21.8. The molecular formula is C69H120N10O10. The number of Topliss-reactive ketones (excluding diaryl/α,β-unsaturated/α-hetero) is 1. The van der Waals surface area contributed by atoms with Crippen LogP contribution in [0.1, 0.15) is 169 Å². The lowest BCUT2D eigenvalue weighted by molar-refractivity contribution is -0.384. The molecule has 14 N–H and O–H groups in total. The third-order valence-electron chi connectivity index (χ3n) is 13.8. The number of anilines is 4. The predicted octanol–water partition coefficient (Wildman–Crippen LogP) is 12.5. The van der Waals surface area contributed by atoms with Gasteiger partial charge >= 0.3 is 0 Å². The molecule has 1 heterocycles. The number of aliphatic hydroxyl groups is 1. The van der Waals surface area contributed by atoms with E-state index >= 15 is 0 Å². The first kappa shape index (κ1) is 84.5. The summed E-state index contributed by atoms with van der Waals surface area (Å²) in [4.78, 5) is 32.4. The van der Waals surface area contributed by atoms with E-state index in [1.54, 1.807) is 12.1 Å². The third kappa shape index (κ3) is 42.9. The Hall–Kier alpha value is -6.52. The molecule has 5 atom stereocenters. The Morgan fingerprint density at radius 1 is 0.798 bits per heavy atom. The van der Waals surface area contributed by atoms with Gasteiger partial charge in [0.05, 0.1) is 55.4 Å². The van der Waals surface area contributed by atoms with Crippen LogP contribution in [-0.4, -0.2) is 125 Å². The molecule has 4 aromatic carbocycles. The molecule has 0 aliphatic carbocycles. The lowest BCUT2D eigenvalue weighted by Crippen LogP contribution is -2.40. The van der Waals surface area contributed by atoms with Gasteiger partial charge in [-0.3, -0.25) is 14.9 Å². The van der Waals surface area contributed by atoms with Crippen molar-refractivity contribution in [2.45, 2.75) is 196 Å². The minimum absolute atomic E-state index is 0.0641. The van der Waals surface area contributed by atoms with Crippen molar-refractivity contribution in [2.75, 3.05) is 91.1 Å². The van der Waals surface area contributed by atoms with Crippen molar-refractivity contribution in [1.29, 1.82) is 0 Å². The summed E-state index contributed by atoms with van der Waals surface area (Å²) >= 11 is 0. The van der Waals surface area contributed by atoms with Gasteiger partial charge in [-0.25, -0.2) is 5.84 Å². The van der Waals surface area contributed by atoms with Crippen molar-refractivity contribution < 1.29 is 43.3 Å². The number of hydrogen-bond acceptors (Lipinski definition) is 19. The number of ketones is 1. The van der Waals surface area contributed by atoms with Gasteiger partial charge in [0.15, 0.2) is 0 Å². The maximum Gasteiger partial charge on any atom is 0.269 e. The molecule has 89 heavy (non-hydrogen) atoms. The van der Waals surface area contributed by atoms with Crippen LogP contribution >= 0.6 is 0 Å². The Labute approximate surface area is 536 Å². The molecule has 0 saturated carbocycles. The van der Waals surface area contributed by atoms with Gasteiger partial charge in [0.25, 0.3) is 5.69 Å². The zero-order chi connectivity index (χ0) is 67.4. The van der Waals surface area contributed by atoms with E-state index in [1.165, 1.54) is 74.4 Å². The molecule has 20 heteroatoms. The molecule has 0 amide bonds. The van der Waals surface area contributed by atoms with Gasteiger partial charge in [0.1, 0.15) is 29.3 Å². The van der Waals surface area contributed by atoms with Crippen molar-refractivity contribution in [2.24, 2.45) is 17.5 Å². The minimum Gasteiger partial charge on any atom is -0.495 e. The van der Waals surface area contributed by atoms with Crippen LogP contribution in [0, 0.1) is 16.0 Å². The lowest BCUT2D eigenvalue weighted by Gasteiger charge is -2.33. The Morgan fingerprint density at radius 2 is 1.39 bits per heavy atom. The van der Waals surface area contributed by atoms with Crippen molar-refractivity contribution in [1.82, 2.24) is 15.2 Å². The Kier molecular flexibility index (Phi) is 51.7. The number of ether oxygens (including phenoxy) is 5. The second kappa shape index (κ2) is 54.4. The molecule has 0 radical (unpaired) electrons. The highest BCUT2D eigenvalue weighted by Gasteiger charge is 2.30. The van der Waals surface area contributed by atoms with Crippen LogP contribution in [0.25, 0.3) is 0 Å². The molecule has 1 aliphatic heterocycles. The van der Waals surface area contributed by atoms with Gasteiger partial charge in [-0.1, -0.05) is 111 Å². The summed E-state index contributed by atoms with van der Waals surface area (Å²) in [6.45, 7) is 20.8. The van der Waals surface area contributed by atoms with Crippen molar-refractivity contribution in [3.63, 3.8) is 0 Å². The number of rotatable bonds is 33. The number of benzene rings is 4. The number of carbonyl (C=O) groups excluding carboxylic acids is 2. The fraction of sp³-hybridized carbons (Fsp3) is 0.594. The lowest BCUT2D eigenvalue weighted by atomic mass is 9.94. The summed E-state index contributed by atoms with van der Waals surface area (Å²) in [5.41, 5.74) is 34.3. The van der Waals surface area contributed by atoms with Gasteiger partial charge in [-0.05, 0) is 152 Å². The number of aliphatic hydroxyl groups excluding tert-OH is 1.